The molecule has 0 bridgehead atoms. The first-order chi connectivity index (χ1) is 15.8. The number of hydrogen-bond donors (Lipinski definition) is 1. The number of carbonyl (C=O) groups excluding carboxylic acids is 1. The average molecular weight is 465 g/mol. The predicted molar refractivity (Wildman–Crippen MR) is 119 cm³/mol. The molecule has 1 amide bonds. The Labute approximate surface area is 190 Å². The van der Waals surface area contributed by atoms with Gasteiger partial charge in [0, 0.05) is 22.6 Å². The van der Waals surface area contributed by atoms with E-state index in [1.165, 1.54) is 41.7 Å². The summed E-state index contributed by atoms with van der Waals surface area (Å²) in [6.45, 7) is 0. The Morgan fingerprint density at radius 3 is 2.55 bits per heavy atom. The highest BCUT2D eigenvalue weighted by Gasteiger charge is 2.30. The Kier molecular flexibility index (Phi) is 6.11. The first kappa shape index (κ1) is 22.0. The Hall–Kier alpha value is -4.16. The number of anilines is 1. The molecule has 0 saturated heterocycles. The second-order valence-corrected chi connectivity index (χ2v) is 7.67. The van der Waals surface area contributed by atoms with Gasteiger partial charge in [0.15, 0.2) is 5.13 Å². The van der Waals surface area contributed by atoms with Gasteiger partial charge in [-0.05, 0) is 24.3 Å². The number of nitrogens with one attached hydrogen (secondary N) is 1. The molecule has 0 spiro atoms. The summed E-state index contributed by atoms with van der Waals surface area (Å²) < 4.78 is 44.4. The number of hydrogen-bond acceptors (Lipinski definition) is 5. The second-order valence-electron chi connectivity index (χ2n) is 6.81. The van der Waals surface area contributed by atoms with Crippen molar-refractivity contribution in [3.05, 3.63) is 89.0 Å². The van der Waals surface area contributed by atoms with E-state index in [4.69, 9.17) is 4.42 Å². The summed E-state index contributed by atoms with van der Waals surface area (Å²) in [5.41, 5.74) is 0.766. The molecule has 2 aromatic heterocycles. The fraction of sp³-hybridized carbons (Fsp3) is 0.0417. The fourth-order valence-corrected chi connectivity index (χ4v) is 3.68. The molecular weight excluding hydrogens is 451 g/mol. The quantitative estimate of drug-likeness (QED) is 0.265. The zero-order valence-electron chi connectivity index (χ0n) is 16.8. The van der Waals surface area contributed by atoms with Crippen molar-refractivity contribution in [3.63, 3.8) is 0 Å². The Morgan fingerprint density at radius 1 is 1.06 bits per heavy atom. The molecule has 164 valence electrons. The molecule has 2 heterocycles. The predicted octanol–water partition coefficient (Wildman–Crippen LogP) is 6.63. The SMILES string of the molecule is N#CC(=Cc1ccc(-c2cccc(C(F)(F)F)c2)o1)C(=O)Nc1nc(-c2ccccc2)cs1. The molecule has 0 radical (unpaired) electrons. The number of thiazole rings is 1. The average Bonchev–Trinajstić information content (AvgIpc) is 3.47. The first-order valence-electron chi connectivity index (χ1n) is 9.55. The van der Waals surface area contributed by atoms with Gasteiger partial charge in [-0.15, -0.1) is 11.3 Å². The van der Waals surface area contributed by atoms with Gasteiger partial charge in [-0.25, -0.2) is 4.98 Å². The molecule has 5 nitrogen and oxygen atoms in total. The molecule has 2 aromatic carbocycles. The molecule has 0 fully saturated rings. The van der Waals surface area contributed by atoms with Crippen LogP contribution in [0.15, 0.2) is 82.1 Å². The van der Waals surface area contributed by atoms with Crippen LogP contribution >= 0.6 is 11.3 Å². The molecule has 0 aliphatic heterocycles. The molecule has 0 atom stereocenters. The molecule has 9 heteroatoms. The maximum absolute atomic E-state index is 12.9. The summed E-state index contributed by atoms with van der Waals surface area (Å²) >= 11 is 1.22. The number of carbonyl (C=O) groups is 1. The van der Waals surface area contributed by atoms with E-state index in [9.17, 15) is 23.2 Å². The van der Waals surface area contributed by atoms with E-state index in [0.717, 1.165) is 17.7 Å². The van der Waals surface area contributed by atoms with Crippen LogP contribution in [0.25, 0.3) is 28.7 Å². The van der Waals surface area contributed by atoms with E-state index in [-0.39, 0.29) is 22.7 Å². The number of halogens is 3. The lowest BCUT2D eigenvalue weighted by Gasteiger charge is -2.07. The second kappa shape index (κ2) is 9.14. The normalized spacial score (nSPS) is 11.8. The van der Waals surface area contributed by atoms with Crippen molar-refractivity contribution in [1.29, 1.82) is 5.26 Å². The van der Waals surface area contributed by atoms with Crippen LogP contribution in [0.4, 0.5) is 18.3 Å². The summed E-state index contributed by atoms with van der Waals surface area (Å²) in [7, 11) is 0. The molecule has 33 heavy (non-hydrogen) atoms. The summed E-state index contributed by atoms with van der Waals surface area (Å²) in [6.07, 6.45) is -3.26. The van der Waals surface area contributed by atoms with Crippen LogP contribution < -0.4 is 5.32 Å². The fourth-order valence-electron chi connectivity index (χ4n) is 2.96. The van der Waals surface area contributed by atoms with Crippen molar-refractivity contribution in [3.8, 4) is 28.7 Å². The monoisotopic (exact) mass is 465 g/mol. The van der Waals surface area contributed by atoms with E-state index in [1.54, 1.807) is 11.4 Å². The molecule has 0 unspecified atom stereocenters. The third kappa shape index (κ3) is 5.19. The van der Waals surface area contributed by atoms with Crippen molar-refractivity contribution in [2.75, 3.05) is 5.32 Å². The Morgan fingerprint density at radius 2 is 1.82 bits per heavy atom. The Balaban J connectivity index is 1.51. The van der Waals surface area contributed by atoms with Crippen LogP contribution in [0.2, 0.25) is 0 Å². The van der Waals surface area contributed by atoms with E-state index in [0.29, 0.717) is 10.8 Å². The summed E-state index contributed by atoms with van der Waals surface area (Å²) in [4.78, 5) is 16.9. The zero-order chi connectivity index (χ0) is 23.4. The number of aromatic nitrogens is 1. The molecule has 1 N–H and O–H groups in total. The van der Waals surface area contributed by atoms with Gasteiger partial charge in [0.2, 0.25) is 0 Å². The largest absolute Gasteiger partial charge is 0.457 e. The number of amides is 1. The lowest BCUT2D eigenvalue weighted by molar-refractivity contribution is -0.137. The van der Waals surface area contributed by atoms with Crippen molar-refractivity contribution in [2.45, 2.75) is 6.18 Å². The third-order valence-corrected chi connectivity index (χ3v) is 5.30. The maximum Gasteiger partial charge on any atom is 0.416 e. The van der Waals surface area contributed by atoms with Crippen molar-refractivity contribution >= 4 is 28.5 Å². The van der Waals surface area contributed by atoms with Gasteiger partial charge in [0.25, 0.3) is 5.91 Å². The number of nitriles is 1. The topological polar surface area (TPSA) is 78.9 Å². The van der Waals surface area contributed by atoms with E-state index in [1.807, 2.05) is 30.3 Å². The first-order valence-corrected chi connectivity index (χ1v) is 10.4. The van der Waals surface area contributed by atoms with Crippen LogP contribution in [0, 0.1) is 11.3 Å². The van der Waals surface area contributed by atoms with Crippen molar-refractivity contribution < 1.29 is 22.4 Å². The molecular formula is C24H14F3N3O2S. The van der Waals surface area contributed by atoms with E-state index in [2.05, 4.69) is 10.3 Å². The number of benzene rings is 2. The number of furan rings is 1. The smallest absolute Gasteiger partial charge is 0.416 e. The van der Waals surface area contributed by atoms with Gasteiger partial charge in [-0.2, -0.15) is 18.4 Å². The van der Waals surface area contributed by atoms with E-state index < -0.39 is 17.6 Å². The number of nitrogens with zero attached hydrogens (tertiary/aromatic N) is 2. The minimum absolute atomic E-state index is 0.151. The van der Waals surface area contributed by atoms with Crippen LogP contribution in [0.3, 0.4) is 0 Å². The number of alkyl halides is 3. The molecule has 0 aliphatic carbocycles. The highest BCUT2D eigenvalue weighted by atomic mass is 32.1. The van der Waals surface area contributed by atoms with Gasteiger partial charge in [0.05, 0.1) is 11.3 Å². The number of rotatable bonds is 5. The summed E-state index contributed by atoms with van der Waals surface area (Å²) in [5.74, 6) is -0.348. The standard InChI is InChI=1S/C24H14F3N3O2S/c25-24(26,27)18-8-4-7-16(11-18)21-10-9-19(32-21)12-17(13-28)22(31)30-23-29-20(14-33-23)15-5-2-1-3-6-15/h1-12,14H,(H,29,30,31). The maximum atomic E-state index is 12.9. The lowest BCUT2D eigenvalue weighted by atomic mass is 10.1. The Bertz CT molecular complexity index is 1370. The lowest BCUT2D eigenvalue weighted by Crippen LogP contribution is -2.13. The summed E-state index contributed by atoms with van der Waals surface area (Å²) in [6, 6.07) is 18.9. The summed E-state index contributed by atoms with van der Waals surface area (Å²) in [5, 5.41) is 14.1. The van der Waals surface area contributed by atoms with Gasteiger partial charge in [-0.3, -0.25) is 10.1 Å². The molecule has 0 saturated carbocycles. The highest BCUT2D eigenvalue weighted by molar-refractivity contribution is 7.14. The molecule has 4 rings (SSSR count). The molecule has 0 aliphatic rings. The zero-order valence-corrected chi connectivity index (χ0v) is 17.6. The van der Waals surface area contributed by atoms with Crippen LogP contribution in [0.1, 0.15) is 11.3 Å². The van der Waals surface area contributed by atoms with Gasteiger partial charge in [0.1, 0.15) is 23.2 Å². The minimum atomic E-state index is -4.48. The van der Waals surface area contributed by atoms with Crippen LogP contribution in [-0.4, -0.2) is 10.9 Å². The van der Waals surface area contributed by atoms with Crippen molar-refractivity contribution in [2.24, 2.45) is 0 Å². The minimum Gasteiger partial charge on any atom is -0.457 e. The van der Waals surface area contributed by atoms with Gasteiger partial charge >= 0.3 is 6.18 Å². The van der Waals surface area contributed by atoms with E-state index >= 15 is 0 Å². The van der Waals surface area contributed by atoms with Crippen molar-refractivity contribution in [1.82, 2.24) is 4.98 Å². The highest BCUT2D eigenvalue weighted by Crippen LogP contribution is 2.33. The van der Waals surface area contributed by atoms with Crippen LogP contribution in [0.5, 0.6) is 0 Å². The van der Waals surface area contributed by atoms with Gasteiger partial charge in [-0.1, -0.05) is 42.5 Å². The van der Waals surface area contributed by atoms with Gasteiger partial charge < -0.3 is 4.42 Å². The third-order valence-electron chi connectivity index (χ3n) is 4.55. The molecule has 4 aromatic rings. The van der Waals surface area contributed by atoms with Crippen LogP contribution in [-0.2, 0) is 11.0 Å².